The number of anilines is 2. The van der Waals surface area contributed by atoms with Crippen LogP contribution in [0.2, 0.25) is 0 Å². The number of nitrogens with zero attached hydrogens (tertiary/aromatic N) is 5. The van der Waals surface area contributed by atoms with E-state index in [1.165, 1.54) is 5.56 Å². The van der Waals surface area contributed by atoms with Crippen molar-refractivity contribution in [1.29, 1.82) is 0 Å². The van der Waals surface area contributed by atoms with Gasteiger partial charge in [-0.15, -0.1) is 0 Å². The van der Waals surface area contributed by atoms with E-state index in [9.17, 15) is 0 Å². The van der Waals surface area contributed by atoms with Gasteiger partial charge in [-0.2, -0.15) is 4.98 Å². The van der Waals surface area contributed by atoms with Crippen LogP contribution < -0.4 is 9.80 Å². The van der Waals surface area contributed by atoms with Crippen LogP contribution in [0.15, 0.2) is 60.9 Å². The second-order valence-corrected chi connectivity index (χ2v) is 6.48. The Morgan fingerprint density at radius 3 is 2.26 bits per heavy atom. The van der Waals surface area contributed by atoms with E-state index in [4.69, 9.17) is 9.97 Å². The van der Waals surface area contributed by atoms with Crippen LogP contribution in [-0.2, 0) is 6.42 Å². The molecule has 3 rings (SSSR count). The van der Waals surface area contributed by atoms with E-state index in [0.29, 0.717) is 0 Å². The summed E-state index contributed by atoms with van der Waals surface area (Å²) in [5, 5.41) is 0. The van der Waals surface area contributed by atoms with E-state index in [1.807, 2.05) is 30.6 Å². The lowest BCUT2D eigenvalue weighted by Crippen LogP contribution is -2.27. The first-order chi connectivity index (χ1) is 13.2. The van der Waals surface area contributed by atoms with E-state index >= 15 is 0 Å². The molecule has 0 spiro atoms. The summed E-state index contributed by atoms with van der Waals surface area (Å²) in [6.07, 6.45) is 4.60. The summed E-state index contributed by atoms with van der Waals surface area (Å²) in [6.45, 7) is 6.99. The average molecular weight is 361 g/mol. The molecule has 5 heteroatoms. The van der Waals surface area contributed by atoms with Crippen LogP contribution in [0.5, 0.6) is 0 Å². The highest BCUT2D eigenvalue weighted by Crippen LogP contribution is 2.24. The molecule has 0 unspecified atom stereocenters. The Morgan fingerprint density at radius 1 is 0.889 bits per heavy atom. The van der Waals surface area contributed by atoms with Crippen molar-refractivity contribution in [1.82, 2.24) is 15.0 Å². The second kappa shape index (κ2) is 9.12. The molecule has 0 atom stereocenters. The predicted octanol–water partition coefficient (Wildman–Crippen LogP) is 4.06. The molecule has 0 aliphatic carbocycles. The quantitative estimate of drug-likeness (QED) is 0.605. The molecule has 27 heavy (non-hydrogen) atoms. The maximum atomic E-state index is 4.84. The maximum absolute atomic E-state index is 4.84. The summed E-state index contributed by atoms with van der Waals surface area (Å²) in [4.78, 5) is 18.1. The Kier molecular flexibility index (Phi) is 6.36. The molecule has 0 amide bonds. The van der Waals surface area contributed by atoms with Crippen molar-refractivity contribution < 1.29 is 0 Å². The van der Waals surface area contributed by atoms with Gasteiger partial charge in [0, 0.05) is 50.7 Å². The van der Waals surface area contributed by atoms with Gasteiger partial charge in [-0.05, 0) is 38.0 Å². The van der Waals surface area contributed by atoms with Gasteiger partial charge in [0.1, 0.15) is 5.82 Å². The first-order valence-electron chi connectivity index (χ1n) is 9.50. The molecule has 140 valence electrons. The van der Waals surface area contributed by atoms with Crippen molar-refractivity contribution in [3.8, 4) is 11.3 Å². The van der Waals surface area contributed by atoms with E-state index in [1.54, 1.807) is 0 Å². The Balaban J connectivity index is 1.89. The standard InChI is InChI=1S/C22H27N5/c1-4-27(5-2)21-17-20(19-9-7-6-8-10-19)24-22(25-21)26(3)16-13-18-11-14-23-15-12-18/h6-12,14-15,17H,4-5,13,16H2,1-3H3. The Morgan fingerprint density at radius 2 is 1.59 bits per heavy atom. The van der Waals surface area contributed by atoms with Crippen LogP contribution in [0.4, 0.5) is 11.8 Å². The predicted molar refractivity (Wildman–Crippen MR) is 112 cm³/mol. The number of hydrogen-bond acceptors (Lipinski definition) is 5. The molecule has 0 saturated carbocycles. The Labute approximate surface area is 161 Å². The summed E-state index contributed by atoms with van der Waals surface area (Å²) < 4.78 is 0. The average Bonchev–Trinajstić information content (AvgIpc) is 2.74. The molecule has 3 aromatic rings. The van der Waals surface area contributed by atoms with E-state index < -0.39 is 0 Å². The van der Waals surface area contributed by atoms with Gasteiger partial charge < -0.3 is 9.80 Å². The zero-order chi connectivity index (χ0) is 19.1. The van der Waals surface area contributed by atoms with Crippen molar-refractivity contribution in [2.75, 3.05) is 36.5 Å². The van der Waals surface area contributed by atoms with Gasteiger partial charge >= 0.3 is 0 Å². The van der Waals surface area contributed by atoms with Crippen LogP contribution >= 0.6 is 0 Å². The van der Waals surface area contributed by atoms with Gasteiger partial charge in [0.05, 0.1) is 5.69 Å². The number of rotatable bonds is 8. The summed E-state index contributed by atoms with van der Waals surface area (Å²) in [7, 11) is 2.05. The van der Waals surface area contributed by atoms with Crippen molar-refractivity contribution >= 4 is 11.8 Å². The lowest BCUT2D eigenvalue weighted by Gasteiger charge is -2.24. The van der Waals surface area contributed by atoms with Gasteiger partial charge in [-0.3, -0.25) is 4.98 Å². The van der Waals surface area contributed by atoms with Gasteiger partial charge in [0.25, 0.3) is 0 Å². The normalized spacial score (nSPS) is 10.6. The lowest BCUT2D eigenvalue weighted by molar-refractivity contribution is 0.811. The van der Waals surface area contributed by atoms with Crippen LogP contribution in [0, 0.1) is 0 Å². The third-order valence-corrected chi connectivity index (χ3v) is 4.68. The fourth-order valence-corrected chi connectivity index (χ4v) is 3.01. The molecular formula is C22H27N5. The number of pyridine rings is 1. The summed E-state index contributed by atoms with van der Waals surface area (Å²) in [5.41, 5.74) is 3.33. The fourth-order valence-electron chi connectivity index (χ4n) is 3.01. The zero-order valence-electron chi connectivity index (χ0n) is 16.3. The molecule has 0 radical (unpaired) electrons. The van der Waals surface area contributed by atoms with Crippen LogP contribution in [0.1, 0.15) is 19.4 Å². The molecule has 0 aliphatic heterocycles. The minimum Gasteiger partial charge on any atom is -0.357 e. The maximum Gasteiger partial charge on any atom is 0.227 e. The Hall–Kier alpha value is -2.95. The van der Waals surface area contributed by atoms with Gasteiger partial charge in [0.2, 0.25) is 5.95 Å². The van der Waals surface area contributed by atoms with Crippen molar-refractivity contribution in [3.63, 3.8) is 0 Å². The van der Waals surface area contributed by atoms with Crippen LogP contribution in [0.25, 0.3) is 11.3 Å². The molecule has 1 aromatic carbocycles. The zero-order valence-corrected chi connectivity index (χ0v) is 16.3. The molecule has 0 bridgehead atoms. The number of benzene rings is 1. The first kappa shape index (κ1) is 18.8. The van der Waals surface area contributed by atoms with Crippen LogP contribution in [-0.4, -0.2) is 41.6 Å². The molecule has 0 fully saturated rings. The van der Waals surface area contributed by atoms with E-state index in [-0.39, 0.29) is 0 Å². The summed E-state index contributed by atoms with van der Waals surface area (Å²) in [5.74, 6) is 1.73. The minimum atomic E-state index is 0.757. The minimum absolute atomic E-state index is 0.757. The monoisotopic (exact) mass is 361 g/mol. The number of hydrogen-bond donors (Lipinski definition) is 0. The van der Waals surface area contributed by atoms with E-state index in [0.717, 1.165) is 49.1 Å². The van der Waals surface area contributed by atoms with Crippen molar-refractivity contribution in [3.05, 3.63) is 66.5 Å². The second-order valence-electron chi connectivity index (χ2n) is 6.48. The number of likely N-dealkylation sites (N-methyl/N-ethyl adjacent to an activating group) is 1. The lowest BCUT2D eigenvalue weighted by atomic mass is 10.1. The highest BCUT2D eigenvalue weighted by atomic mass is 15.3. The third kappa shape index (κ3) is 4.82. The van der Waals surface area contributed by atoms with Crippen LogP contribution in [0.3, 0.4) is 0 Å². The van der Waals surface area contributed by atoms with Crippen molar-refractivity contribution in [2.45, 2.75) is 20.3 Å². The molecule has 0 aliphatic rings. The van der Waals surface area contributed by atoms with Gasteiger partial charge in [0.15, 0.2) is 0 Å². The molecule has 2 heterocycles. The molecule has 2 aromatic heterocycles. The largest absolute Gasteiger partial charge is 0.357 e. The summed E-state index contributed by atoms with van der Waals surface area (Å²) >= 11 is 0. The fraction of sp³-hybridized carbons (Fsp3) is 0.318. The summed E-state index contributed by atoms with van der Waals surface area (Å²) in [6, 6.07) is 16.5. The smallest absolute Gasteiger partial charge is 0.227 e. The molecule has 0 N–H and O–H groups in total. The topological polar surface area (TPSA) is 45.2 Å². The third-order valence-electron chi connectivity index (χ3n) is 4.68. The van der Waals surface area contributed by atoms with E-state index in [2.05, 4.69) is 66.0 Å². The first-order valence-corrected chi connectivity index (χ1v) is 9.50. The molecule has 0 saturated heterocycles. The highest BCUT2D eigenvalue weighted by Gasteiger charge is 2.13. The van der Waals surface area contributed by atoms with Crippen molar-refractivity contribution in [2.24, 2.45) is 0 Å². The SMILES string of the molecule is CCN(CC)c1cc(-c2ccccc2)nc(N(C)CCc2ccncc2)n1. The Bertz CT molecular complexity index is 832. The highest BCUT2D eigenvalue weighted by molar-refractivity contribution is 5.65. The number of aromatic nitrogens is 3. The van der Waals surface area contributed by atoms with Gasteiger partial charge in [-0.25, -0.2) is 4.98 Å². The van der Waals surface area contributed by atoms with Gasteiger partial charge in [-0.1, -0.05) is 30.3 Å². The molecule has 5 nitrogen and oxygen atoms in total. The molecular weight excluding hydrogens is 334 g/mol.